The fourth-order valence-corrected chi connectivity index (χ4v) is 1.35. The van der Waals surface area contributed by atoms with Crippen LogP contribution >= 0.6 is 0 Å². The number of para-hydroxylation sites is 1. The Morgan fingerprint density at radius 3 is 2.85 bits per heavy atom. The number of benzene rings is 1. The van der Waals surface area contributed by atoms with Gasteiger partial charge in [-0.1, -0.05) is 12.1 Å². The average Bonchev–Trinajstić information content (AvgIpc) is 2.47. The fourth-order valence-electron chi connectivity index (χ4n) is 1.35. The van der Waals surface area contributed by atoms with Crippen LogP contribution in [0.15, 0.2) is 29.4 Å². The zero-order valence-electron chi connectivity index (χ0n) is 7.04. The number of nitro groups is 1. The van der Waals surface area contributed by atoms with Crippen molar-refractivity contribution in [2.45, 2.75) is 0 Å². The van der Waals surface area contributed by atoms with Gasteiger partial charge in [-0.3, -0.25) is 0 Å². The maximum absolute atomic E-state index is 10.8. The van der Waals surface area contributed by atoms with Gasteiger partial charge in [0, 0.05) is 6.07 Å². The topological polar surface area (TPSA) is 55.5 Å². The summed E-state index contributed by atoms with van der Waals surface area (Å²) < 4.78 is -0.601. The summed E-state index contributed by atoms with van der Waals surface area (Å²) in [6, 6.07) is 7.13. The van der Waals surface area contributed by atoms with Crippen molar-refractivity contribution in [3.05, 3.63) is 39.9 Å². The zero-order valence-corrected chi connectivity index (χ0v) is 7.04. The zero-order chi connectivity index (χ0) is 9.47. The maximum Gasteiger partial charge on any atom is 0.271 e. The summed E-state index contributed by atoms with van der Waals surface area (Å²) in [6.07, 6.45) is 1.53. The minimum Gasteiger partial charge on any atom is -0.205 e. The first-order chi connectivity index (χ1) is 6.14. The van der Waals surface area contributed by atoms with E-state index in [-0.39, 0.29) is 0 Å². The van der Waals surface area contributed by atoms with Gasteiger partial charge >= 0.3 is 0 Å². The van der Waals surface area contributed by atoms with Crippen LogP contribution < -0.4 is 4.70 Å². The molecule has 1 atom stereocenters. The molecule has 1 aromatic rings. The SMILES string of the molecule is C[N+]1([N+](=O)[O-])N=Cc2ccccc21. The van der Waals surface area contributed by atoms with E-state index in [0.717, 1.165) is 5.56 Å². The molecule has 1 aromatic carbocycles. The fraction of sp³-hybridized carbons (Fsp3) is 0.125. The minimum absolute atomic E-state index is 0.428. The lowest BCUT2D eigenvalue weighted by atomic mass is 10.2. The Kier molecular flexibility index (Phi) is 1.43. The number of rotatable bonds is 1. The van der Waals surface area contributed by atoms with Crippen LogP contribution in [-0.2, 0) is 0 Å². The molecule has 5 nitrogen and oxygen atoms in total. The Labute approximate surface area is 74.6 Å². The van der Waals surface area contributed by atoms with E-state index in [1.54, 1.807) is 12.1 Å². The van der Waals surface area contributed by atoms with E-state index in [1.165, 1.54) is 13.3 Å². The Morgan fingerprint density at radius 2 is 2.15 bits per heavy atom. The quantitative estimate of drug-likeness (QED) is 0.368. The molecule has 13 heavy (non-hydrogen) atoms. The van der Waals surface area contributed by atoms with E-state index in [0.29, 0.717) is 5.69 Å². The molecule has 0 aliphatic carbocycles. The summed E-state index contributed by atoms with van der Waals surface area (Å²) in [4.78, 5) is 10.8. The van der Waals surface area contributed by atoms with E-state index in [1.807, 2.05) is 12.1 Å². The highest BCUT2D eigenvalue weighted by atomic mass is 16.7. The lowest BCUT2D eigenvalue weighted by molar-refractivity contribution is -0.636. The number of quaternary nitrogens is 1. The predicted octanol–water partition coefficient (Wildman–Crippen LogP) is 1.16. The molecule has 0 N–H and O–H groups in total. The minimum atomic E-state index is -0.601. The molecule has 0 amide bonds. The summed E-state index contributed by atoms with van der Waals surface area (Å²) >= 11 is 0. The van der Waals surface area contributed by atoms with Crippen molar-refractivity contribution in [1.82, 2.24) is 4.70 Å². The maximum atomic E-state index is 10.8. The van der Waals surface area contributed by atoms with Crippen molar-refractivity contribution in [1.29, 1.82) is 0 Å². The first kappa shape index (κ1) is 7.88. The van der Waals surface area contributed by atoms with E-state index in [2.05, 4.69) is 5.10 Å². The van der Waals surface area contributed by atoms with Crippen molar-refractivity contribution in [3.63, 3.8) is 0 Å². The molecule has 0 saturated heterocycles. The van der Waals surface area contributed by atoms with E-state index in [9.17, 15) is 10.1 Å². The molecular weight excluding hydrogens is 170 g/mol. The van der Waals surface area contributed by atoms with Crippen LogP contribution in [-0.4, -0.2) is 18.3 Å². The highest BCUT2D eigenvalue weighted by Gasteiger charge is 2.43. The largest absolute Gasteiger partial charge is 0.271 e. The molecule has 1 heterocycles. The third kappa shape index (κ3) is 0.940. The van der Waals surface area contributed by atoms with Crippen LogP contribution in [0.5, 0.6) is 0 Å². The Balaban J connectivity index is 2.61. The summed E-state index contributed by atoms with van der Waals surface area (Å²) in [6.45, 7) is 0. The molecule has 66 valence electrons. The van der Waals surface area contributed by atoms with Crippen LogP contribution in [0.25, 0.3) is 0 Å². The van der Waals surface area contributed by atoms with Crippen molar-refractivity contribution < 1.29 is 5.03 Å². The van der Waals surface area contributed by atoms with Gasteiger partial charge in [-0.25, -0.2) is 10.1 Å². The smallest absolute Gasteiger partial charge is 0.205 e. The van der Waals surface area contributed by atoms with Gasteiger partial charge in [-0.15, -0.1) is 0 Å². The van der Waals surface area contributed by atoms with Crippen molar-refractivity contribution in [2.75, 3.05) is 7.05 Å². The first-order valence-corrected chi connectivity index (χ1v) is 3.81. The number of hydrogen-bond acceptors (Lipinski definition) is 3. The van der Waals surface area contributed by atoms with Crippen LogP contribution in [0, 0.1) is 10.1 Å². The molecule has 0 bridgehead atoms. The molecule has 0 aromatic heterocycles. The first-order valence-electron chi connectivity index (χ1n) is 3.81. The van der Waals surface area contributed by atoms with Crippen molar-refractivity contribution in [3.8, 4) is 0 Å². The Hall–Kier alpha value is -1.75. The highest BCUT2D eigenvalue weighted by molar-refractivity contribution is 5.90. The van der Waals surface area contributed by atoms with E-state index >= 15 is 0 Å². The normalized spacial score (nSPS) is 24.4. The molecule has 5 heteroatoms. The molecule has 0 spiro atoms. The molecule has 0 radical (unpaired) electrons. The third-order valence-electron chi connectivity index (χ3n) is 2.13. The lowest BCUT2D eigenvalue weighted by Crippen LogP contribution is -2.43. The van der Waals surface area contributed by atoms with Crippen LogP contribution in [0.1, 0.15) is 5.56 Å². The van der Waals surface area contributed by atoms with Crippen molar-refractivity contribution >= 4 is 11.9 Å². The molecule has 1 aliphatic heterocycles. The molecule has 0 fully saturated rings. The van der Waals surface area contributed by atoms with Gasteiger partial charge in [-0.2, -0.15) is 0 Å². The molecule has 1 unspecified atom stereocenters. The monoisotopic (exact) mass is 178 g/mol. The average molecular weight is 178 g/mol. The van der Waals surface area contributed by atoms with E-state index in [4.69, 9.17) is 0 Å². The van der Waals surface area contributed by atoms with Gasteiger partial charge in [0.15, 0.2) is 7.05 Å². The number of fused-ring (bicyclic) bond motifs is 1. The van der Waals surface area contributed by atoms with E-state index < -0.39 is 9.73 Å². The lowest BCUT2D eigenvalue weighted by Gasteiger charge is -2.10. The van der Waals surface area contributed by atoms with Crippen LogP contribution in [0.2, 0.25) is 0 Å². The molecule has 0 saturated carbocycles. The summed E-state index contributed by atoms with van der Waals surface area (Å²) in [5.74, 6) is 0. The molecule has 2 rings (SSSR count). The van der Waals surface area contributed by atoms with Gasteiger partial charge in [0.1, 0.15) is 10.9 Å². The second kappa shape index (κ2) is 2.37. The van der Waals surface area contributed by atoms with Gasteiger partial charge in [0.2, 0.25) is 5.69 Å². The molecular formula is C8H8N3O2+. The van der Waals surface area contributed by atoms with Gasteiger partial charge in [0.05, 0.1) is 5.56 Å². The second-order valence-corrected chi connectivity index (χ2v) is 2.95. The standard InChI is InChI=1S/C8H8N3O2/c1-11(10(12)13)8-5-3-2-4-7(8)6-9-11/h2-6H,1H3/q+1. The number of hydrogen-bond donors (Lipinski definition) is 0. The Morgan fingerprint density at radius 1 is 1.46 bits per heavy atom. The predicted molar refractivity (Wildman–Crippen MR) is 48.7 cm³/mol. The second-order valence-electron chi connectivity index (χ2n) is 2.95. The summed E-state index contributed by atoms with van der Waals surface area (Å²) in [5, 5.41) is 14.2. The van der Waals surface area contributed by atoms with Crippen molar-refractivity contribution in [2.24, 2.45) is 5.10 Å². The third-order valence-corrected chi connectivity index (χ3v) is 2.13. The summed E-state index contributed by atoms with van der Waals surface area (Å²) in [5.41, 5.74) is 1.41. The highest BCUT2D eigenvalue weighted by Crippen LogP contribution is 2.29. The molecule has 1 aliphatic rings. The Bertz CT molecular complexity index is 402. The summed E-state index contributed by atoms with van der Waals surface area (Å²) in [7, 11) is 1.45. The van der Waals surface area contributed by atoms with Crippen LogP contribution in [0.3, 0.4) is 0 Å². The van der Waals surface area contributed by atoms with Crippen LogP contribution in [0.4, 0.5) is 5.69 Å². The van der Waals surface area contributed by atoms with Gasteiger partial charge in [-0.05, 0) is 11.2 Å². The number of nitrogens with zero attached hydrogens (tertiary/aromatic N) is 3. The van der Waals surface area contributed by atoms with Gasteiger partial charge in [0.25, 0.3) is 5.03 Å². The van der Waals surface area contributed by atoms with Gasteiger partial charge < -0.3 is 0 Å².